The van der Waals surface area contributed by atoms with Gasteiger partial charge in [0.2, 0.25) is 5.91 Å². The van der Waals surface area contributed by atoms with Gasteiger partial charge in [-0.3, -0.25) is 14.3 Å². The van der Waals surface area contributed by atoms with Crippen LogP contribution in [0.25, 0.3) is 0 Å². The highest BCUT2D eigenvalue weighted by Gasteiger charge is 2.59. The Hall–Kier alpha value is -1.20. The summed E-state index contributed by atoms with van der Waals surface area (Å²) in [5.74, 6) is 0.711. The van der Waals surface area contributed by atoms with Crippen LogP contribution < -0.4 is 5.32 Å². The maximum absolute atomic E-state index is 12.6. The fourth-order valence-corrected chi connectivity index (χ4v) is 3.33. The van der Waals surface area contributed by atoms with Gasteiger partial charge in [-0.05, 0) is 30.9 Å². The fraction of sp³-hybridized carbons (Fsp3) is 0.533. The number of nitrogens with zero attached hydrogens (tertiary/aromatic N) is 1. The van der Waals surface area contributed by atoms with Crippen LogP contribution in [0.1, 0.15) is 30.1 Å². The summed E-state index contributed by atoms with van der Waals surface area (Å²) in [4.78, 5) is 14.4. The van der Waals surface area contributed by atoms with Crippen LogP contribution in [0.2, 0.25) is 0 Å². The molecule has 0 aromatic heterocycles. The minimum absolute atomic E-state index is 0.0743. The second-order valence-electron chi connectivity index (χ2n) is 5.76. The summed E-state index contributed by atoms with van der Waals surface area (Å²) in [6.07, 6.45) is 3.44. The van der Waals surface area contributed by atoms with Gasteiger partial charge in [0.25, 0.3) is 0 Å². The van der Waals surface area contributed by atoms with Crippen LogP contribution >= 0.6 is 0 Å². The highest BCUT2D eigenvalue weighted by Crippen LogP contribution is 2.46. The second kappa shape index (κ2) is 4.97. The van der Waals surface area contributed by atoms with Gasteiger partial charge in [-0.25, -0.2) is 0 Å². The average Bonchev–Trinajstić information content (AvgIpc) is 3.13. The van der Waals surface area contributed by atoms with Crippen LogP contribution in [-0.4, -0.2) is 39.1 Å². The largest absolute Gasteiger partial charge is 0.320 e. The third-order valence-corrected chi connectivity index (χ3v) is 5.01. The Morgan fingerprint density at radius 3 is 2.70 bits per heavy atom. The highest BCUT2D eigenvalue weighted by molar-refractivity contribution is 7.84. The normalized spacial score (nSPS) is 25.2. The molecule has 2 atom stereocenters. The molecule has 2 fully saturated rings. The van der Waals surface area contributed by atoms with Crippen molar-refractivity contribution in [3.05, 3.63) is 35.4 Å². The molecular formula is C15H20N2O2S. The summed E-state index contributed by atoms with van der Waals surface area (Å²) in [5.41, 5.74) is 1.99. The number of benzene rings is 1. The van der Waals surface area contributed by atoms with Crippen molar-refractivity contribution < 1.29 is 9.00 Å². The van der Waals surface area contributed by atoms with Gasteiger partial charge in [0, 0.05) is 29.4 Å². The van der Waals surface area contributed by atoms with Gasteiger partial charge in [0.05, 0.1) is 0 Å². The summed E-state index contributed by atoms with van der Waals surface area (Å²) >= 11 is 0. The SMILES string of the molecule is Cc1ccccc1C1NC2(CC2)C(=O)N1CCS(C)=O. The molecule has 1 amide bonds. The monoisotopic (exact) mass is 292 g/mol. The van der Waals surface area contributed by atoms with Gasteiger partial charge in [0.1, 0.15) is 11.7 Å². The third-order valence-electron chi connectivity index (χ3n) is 4.25. The van der Waals surface area contributed by atoms with E-state index in [1.165, 1.54) is 5.56 Å². The molecule has 3 rings (SSSR count). The Morgan fingerprint density at radius 1 is 1.40 bits per heavy atom. The number of hydrogen-bond donors (Lipinski definition) is 1. The molecule has 1 aromatic rings. The van der Waals surface area contributed by atoms with E-state index in [1.807, 2.05) is 17.0 Å². The first-order valence-electron chi connectivity index (χ1n) is 6.98. The van der Waals surface area contributed by atoms with E-state index in [1.54, 1.807) is 6.26 Å². The van der Waals surface area contributed by atoms with Crippen LogP contribution in [0.3, 0.4) is 0 Å². The summed E-state index contributed by atoms with van der Waals surface area (Å²) in [6, 6.07) is 8.14. The van der Waals surface area contributed by atoms with E-state index in [9.17, 15) is 9.00 Å². The van der Waals surface area contributed by atoms with E-state index in [-0.39, 0.29) is 17.6 Å². The Bertz CT molecular complexity index is 569. The van der Waals surface area contributed by atoms with Gasteiger partial charge < -0.3 is 4.90 Å². The van der Waals surface area contributed by atoms with Crippen molar-refractivity contribution >= 4 is 16.7 Å². The summed E-state index contributed by atoms with van der Waals surface area (Å²) in [7, 11) is -0.879. The van der Waals surface area contributed by atoms with Gasteiger partial charge in [-0.1, -0.05) is 24.3 Å². The molecule has 1 saturated carbocycles. The van der Waals surface area contributed by atoms with Gasteiger partial charge in [-0.2, -0.15) is 0 Å². The minimum Gasteiger partial charge on any atom is -0.320 e. The quantitative estimate of drug-likeness (QED) is 0.911. The number of nitrogens with one attached hydrogen (secondary N) is 1. The molecule has 1 heterocycles. The maximum atomic E-state index is 12.6. The molecule has 1 aromatic carbocycles. The van der Waals surface area contributed by atoms with Crippen LogP contribution in [0.5, 0.6) is 0 Å². The zero-order valence-electron chi connectivity index (χ0n) is 11.9. The summed E-state index contributed by atoms with van der Waals surface area (Å²) < 4.78 is 11.3. The smallest absolute Gasteiger partial charge is 0.244 e. The van der Waals surface area contributed by atoms with Crippen LogP contribution in [0, 0.1) is 6.92 Å². The molecule has 2 aliphatic rings. The second-order valence-corrected chi connectivity index (χ2v) is 7.32. The molecule has 1 saturated heterocycles. The molecule has 5 heteroatoms. The van der Waals surface area contributed by atoms with Gasteiger partial charge in [-0.15, -0.1) is 0 Å². The van der Waals surface area contributed by atoms with E-state index in [4.69, 9.17) is 0 Å². The number of rotatable bonds is 4. The molecular weight excluding hydrogens is 272 g/mol. The van der Waals surface area contributed by atoms with E-state index >= 15 is 0 Å². The first-order chi connectivity index (χ1) is 9.53. The number of amides is 1. The van der Waals surface area contributed by atoms with E-state index in [2.05, 4.69) is 24.4 Å². The first kappa shape index (κ1) is 13.8. The van der Waals surface area contributed by atoms with Crippen molar-refractivity contribution in [3.8, 4) is 0 Å². The topological polar surface area (TPSA) is 49.4 Å². The summed E-state index contributed by atoms with van der Waals surface area (Å²) in [5, 5.41) is 3.50. The number of carbonyl (C=O) groups excluding carboxylic acids is 1. The number of carbonyl (C=O) groups is 1. The van der Waals surface area contributed by atoms with Crippen molar-refractivity contribution in [2.75, 3.05) is 18.6 Å². The molecule has 1 aliphatic carbocycles. The third kappa shape index (κ3) is 2.29. The minimum atomic E-state index is -0.879. The zero-order valence-corrected chi connectivity index (χ0v) is 12.7. The molecule has 1 spiro atoms. The lowest BCUT2D eigenvalue weighted by molar-refractivity contribution is -0.130. The number of hydrogen-bond acceptors (Lipinski definition) is 3. The van der Waals surface area contributed by atoms with E-state index in [0.29, 0.717) is 12.3 Å². The molecule has 0 radical (unpaired) electrons. The molecule has 2 unspecified atom stereocenters. The van der Waals surface area contributed by atoms with Crippen LogP contribution in [0.4, 0.5) is 0 Å². The van der Waals surface area contributed by atoms with E-state index < -0.39 is 10.8 Å². The van der Waals surface area contributed by atoms with Crippen molar-refractivity contribution in [1.82, 2.24) is 10.2 Å². The predicted molar refractivity (Wildman–Crippen MR) is 79.7 cm³/mol. The van der Waals surface area contributed by atoms with Crippen molar-refractivity contribution in [2.45, 2.75) is 31.5 Å². The maximum Gasteiger partial charge on any atom is 0.244 e. The Labute approximate surface area is 122 Å². The Morgan fingerprint density at radius 2 is 2.10 bits per heavy atom. The van der Waals surface area contributed by atoms with Crippen molar-refractivity contribution in [2.24, 2.45) is 0 Å². The highest BCUT2D eigenvalue weighted by atomic mass is 32.2. The molecule has 1 aliphatic heterocycles. The predicted octanol–water partition coefficient (Wildman–Crippen LogP) is 1.34. The molecule has 108 valence electrons. The van der Waals surface area contributed by atoms with Crippen molar-refractivity contribution in [1.29, 1.82) is 0 Å². The molecule has 4 nitrogen and oxygen atoms in total. The van der Waals surface area contributed by atoms with Crippen molar-refractivity contribution in [3.63, 3.8) is 0 Å². The average molecular weight is 292 g/mol. The van der Waals surface area contributed by atoms with E-state index in [0.717, 1.165) is 18.4 Å². The fourth-order valence-electron chi connectivity index (χ4n) is 2.87. The summed E-state index contributed by atoms with van der Waals surface area (Å²) in [6.45, 7) is 2.62. The van der Waals surface area contributed by atoms with Gasteiger partial charge in [0.15, 0.2) is 0 Å². The lowest BCUT2D eigenvalue weighted by atomic mass is 10.1. The van der Waals surface area contributed by atoms with Crippen LogP contribution in [0.15, 0.2) is 24.3 Å². The molecule has 20 heavy (non-hydrogen) atoms. The van der Waals surface area contributed by atoms with Crippen LogP contribution in [-0.2, 0) is 15.6 Å². The Balaban J connectivity index is 1.89. The standard InChI is InChI=1S/C15H20N2O2S/c1-11-5-3-4-6-12(11)13-16-15(7-8-15)14(18)17(13)9-10-20(2)19/h3-6,13,16H,7-10H2,1-2H3. The molecule has 0 bridgehead atoms. The zero-order chi connectivity index (χ0) is 14.3. The number of aryl methyl sites for hydroxylation is 1. The van der Waals surface area contributed by atoms with Gasteiger partial charge >= 0.3 is 0 Å². The first-order valence-corrected chi connectivity index (χ1v) is 8.70. The molecule has 1 N–H and O–H groups in total. The lowest BCUT2D eigenvalue weighted by Crippen LogP contribution is -2.35. The lowest BCUT2D eigenvalue weighted by Gasteiger charge is -2.25. The Kier molecular flexibility index (Phi) is 3.42.